The number of para-hydroxylation sites is 1. The average Bonchev–Trinajstić information content (AvgIpc) is 2.52. The van der Waals surface area contributed by atoms with Crippen molar-refractivity contribution in [3.8, 4) is 0 Å². The number of fused-ring (bicyclic) bond motifs is 1. The monoisotopic (exact) mass is 231 g/mol. The number of hydrogen-bond donors (Lipinski definition) is 1. The van der Waals surface area contributed by atoms with Gasteiger partial charge in [0.25, 0.3) is 0 Å². The van der Waals surface area contributed by atoms with Crippen LogP contribution in [0.5, 0.6) is 0 Å². The van der Waals surface area contributed by atoms with Gasteiger partial charge >= 0.3 is 0 Å². The second kappa shape index (κ2) is 5.87. The zero-order chi connectivity index (χ0) is 12.1. The Bertz CT molecular complexity index is 359. The van der Waals surface area contributed by atoms with Gasteiger partial charge in [0.2, 0.25) is 0 Å². The molecule has 0 spiro atoms. The predicted octanol–water partition coefficient (Wildman–Crippen LogP) is 3.40. The van der Waals surface area contributed by atoms with Crippen molar-refractivity contribution in [2.24, 2.45) is 0 Å². The lowest BCUT2D eigenvalue weighted by atomic mass is 10.1. The smallest absolute Gasteiger partial charge is 0.0750 e. The van der Waals surface area contributed by atoms with Gasteiger partial charge in [0.15, 0.2) is 0 Å². The number of rotatable bonds is 4. The second-order valence-electron chi connectivity index (χ2n) is 4.78. The van der Waals surface area contributed by atoms with E-state index < -0.39 is 0 Å². The molecule has 17 heavy (non-hydrogen) atoms. The highest BCUT2D eigenvalue weighted by Gasteiger charge is 2.15. The summed E-state index contributed by atoms with van der Waals surface area (Å²) < 4.78 is 5.88. The third-order valence-electron chi connectivity index (χ3n) is 3.16. The molecule has 1 aromatic carbocycles. The Morgan fingerprint density at radius 1 is 1.47 bits per heavy atom. The van der Waals surface area contributed by atoms with Crippen molar-refractivity contribution in [3.63, 3.8) is 0 Å². The van der Waals surface area contributed by atoms with Gasteiger partial charge in [-0.25, -0.2) is 0 Å². The fourth-order valence-corrected chi connectivity index (χ4v) is 2.10. The first kappa shape index (κ1) is 12.2. The van der Waals surface area contributed by atoms with Crippen LogP contribution in [0.1, 0.15) is 25.3 Å². The van der Waals surface area contributed by atoms with Crippen molar-refractivity contribution in [3.05, 3.63) is 42.0 Å². The first-order valence-corrected chi connectivity index (χ1v) is 6.33. The highest BCUT2D eigenvalue weighted by Crippen LogP contribution is 2.21. The fraction of sp³-hybridized carbons (Fsp3) is 0.467. The maximum Gasteiger partial charge on any atom is 0.0750 e. The van der Waals surface area contributed by atoms with Crippen molar-refractivity contribution in [1.82, 2.24) is 0 Å². The standard InChI is InChI=1S/C15H21NO/c1-12(2)9-10-17-14-8-7-13-5-3-4-6-15(13)16-11-14/h3-6,14,16H,1,7-11H2,2H3. The molecule has 92 valence electrons. The van der Waals surface area contributed by atoms with Gasteiger partial charge in [0.1, 0.15) is 0 Å². The van der Waals surface area contributed by atoms with E-state index in [-0.39, 0.29) is 0 Å². The van der Waals surface area contributed by atoms with E-state index in [0.717, 1.165) is 32.4 Å². The Hall–Kier alpha value is -1.28. The van der Waals surface area contributed by atoms with Gasteiger partial charge in [-0.05, 0) is 37.8 Å². The van der Waals surface area contributed by atoms with Crippen LogP contribution in [0, 0.1) is 0 Å². The van der Waals surface area contributed by atoms with Crippen LogP contribution in [0.2, 0.25) is 0 Å². The normalized spacial score (nSPS) is 19.0. The van der Waals surface area contributed by atoms with Crippen LogP contribution in [0.3, 0.4) is 0 Å². The lowest BCUT2D eigenvalue weighted by Gasteiger charge is -2.15. The Labute approximate surface area is 104 Å². The Morgan fingerprint density at radius 2 is 2.29 bits per heavy atom. The minimum Gasteiger partial charge on any atom is -0.382 e. The molecule has 2 heteroatoms. The largest absolute Gasteiger partial charge is 0.382 e. The van der Waals surface area contributed by atoms with Crippen LogP contribution in [0.15, 0.2) is 36.4 Å². The fourth-order valence-electron chi connectivity index (χ4n) is 2.10. The van der Waals surface area contributed by atoms with Crippen LogP contribution in [-0.2, 0) is 11.2 Å². The summed E-state index contributed by atoms with van der Waals surface area (Å²) in [6, 6.07) is 8.51. The molecule has 0 saturated heterocycles. The Kier molecular flexibility index (Phi) is 4.21. The minimum atomic E-state index is 0.321. The number of benzene rings is 1. The van der Waals surface area contributed by atoms with Gasteiger partial charge in [0.05, 0.1) is 12.7 Å². The molecule has 1 unspecified atom stereocenters. The summed E-state index contributed by atoms with van der Waals surface area (Å²) in [7, 11) is 0. The molecule has 1 heterocycles. The number of nitrogens with one attached hydrogen (secondary N) is 1. The molecule has 2 rings (SSSR count). The van der Waals surface area contributed by atoms with Crippen LogP contribution in [0.25, 0.3) is 0 Å². The van der Waals surface area contributed by atoms with Crippen molar-refractivity contribution in [2.45, 2.75) is 32.3 Å². The molecule has 0 saturated carbocycles. The van der Waals surface area contributed by atoms with Crippen LogP contribution < -0.4 is 5.32 Å². The maximum absolute atomic E-state index is 5.88. The van der Waals surface area contributed by atoms with E-state index in [9.17, 15) is 0 Å². The molecule has 1 aromatic rings. The SMILES string of the molecule is C=C(C)CCOC1CCc2ccccc2NC1. The van der Waals surface area contributed by atoms with E-state index in [1.54, 1.807) is 0 Å². The molecular weight excluding hydrogens is 210 g/mol. The summed E-state index contributed by atoms with van der Waals surface area (Å²) in [5.74, 6) is 0. The molecule has 1 aliphatic rings. The van der Waals surface area contributed by atoms with E-state index in [4.69, 9.17) is 4.74 Å². The molecule has 1 aliphatic heterocycles. The van der Waals surface area contributed by atoms with Crippen molar-refractivity contribution in [1.29, 1.82) is 0 Å². The van der Waals surface area contributed by atoms with Crippen LogP contribution in [-0.4, -0.2) is 19.3 Å². The first-order valence-electron chi connectivity index (χ1n) is 6.33. The van der Waals surface area contributed by atoms with Gasteiger partial charge in [-0.15, -0.1) is 6.58 Å². The minimum absolute atomic E-state index is 0.321. The van der Waals surface area contributed by atoms with E-state index in [2.05, 4.69) is 36.2 Å². The summed E-state index contributed by atoms with van der Waals surface area (Å²) in [6.45, 7) is 7.64. The lowest BCUT2D eigenvalue weighted by molar-refractivity contribution is 0.0597. The molecule has 0 radical (unpaired) electrons. The summed E-state index contributed by atoms with van der Waals surface area (Å²) in [4.78, 5) is 0. The Balaban J connectivity index is 1.84. The third kappa shape index (κ3) is 3.60. The van der Waals surface area contributed by atoms with Gasteiger partial charge in [-0.1, -0.05) is 23.8 Å². The van der Waals surface area contributed by atoms with Gasteiger partial charge in [0, 0.05) is 12.2 Å². The van der Waals surface area contributed by atoms with Gasteiger partial charge in [-0.3, -0.25) is 0 Å². The quantitative estimate of drug-likeness (QED) is 0.802. The van der Waals surface area contributed by atoms with E-state index in [1.807, 2.05) is 6.92 Å². The zero-order valence-electron chi connectivity index (χ0n) is 10.5. The summed E-state index contributed by atoms with van der Waals surface area (Å²) in [6.07, 6.45) is 3.48. The van der Waals surface area contributed by atoms with E-state index in [0.29, 0.717) is 6.10 Å². The molecule has 0 bridgehead atoms. The first-order chi connectivity index (χ1) is 8.25. The molecule has 2 nitrogen and oxygen atoms in total. The van der Waals surface area contributed by atoms with Crippen molar-refractivity contribution in [2.75, 3.05) is 18.5 Å². The number of hydrogen-bond acceptors (Lipinski definition) is 2. The molecular formula is C15H21NO. The topological polar surface area (TPSA) is 21.3 Å². The predicted molar refractivity (Wildman–Crippen MR) is 72.4 cm³/mol. The highest BCUT2D eigenvalue weighted by molar-refractivity contribution is 5.51. The summed E-state index contributed by atoms with van der Waals surface area (Å²) in [5.41, 5.74) is 3.85. The highest BCUT2D eigenvalue weighted by atomic mass is 16.5. The van der Waals surface area contributed by atoms with Gasteiger partial charge in [-0.2, -0.15) is 0 Å². The van der Waals surface area contributed by atoms with E-state index >= 15 is 0 Å². The van der Waals surface area contributed by atoms with Gasteiger partial charge < -0.3 is 10.1 Å². The number of ether oxygens (including phenoxy) is 1. The zero-order valence-corrected chi connectivity index (χ0v) is 10.5. The molecule has 1 atom stereocenters. The lowest BCUT2D eigenvalue weighted by Crippen LogP contribution is -2.22. The van der Waals surface area contributed by atoms with Crippen molar-refractivity contribution >= 4 is 5.69 Å². The average molecular weight is 231 g/mol. The third-order valence-corrected chi connectivity index (χ3v) is 3.16. The number of anilines is 1. The summed E-state index contributed by atoms with van der Waals surface area (Å²) in [5, 5.41) is 3.47. The molecule has 0 fully saturated rings. The molecule has 1 N–H and O–H groups in total. The maximum atomic E-state index is 5.88. The van der Waals surface area contributed by atoms with Crippen molar-refractivity contribution < 1.29 is 4.74 Å². The summed E-state index contributed by atoms with van der Waals surface area (Å²) >= 11 is 0. The number of aryl methyl sites for hydroxylation is 1. The second-order valence-corrected chi connectivity index (χ2v) is 4.78. The molecule has 0 aromatic heterocycles. The molecule has 0 amide bonds. The Morgan fingerprint density at radius 3 is 3.12 bits per heavy atom. The van der Waals surface area contributed by atoms with Crippen LogP contribution >= 0.6 is 0 Å². The molecule has 0 aliphatic carbocycles. The van der Waals surface area contributed by atoms with Crippen LogP contribution in [0.4, 0.5) is 5.69 Å². The van der Waals surface area contributed by atoms with E-state index in [1.165, 1.54) is 16.8 Å².